The van der Waals surface area contributed by atoms with E-state index in [2.05, 4.69) is 4.90 Å². The van der Waals surface area contributed by atoms with Gasteiger partial charge in [0.05, 0.1) is 12.7 Å². The van der Waals surface area contributed by atoms with Crippen molar-refractivity contribution in [2.45, 2.75) is 26.7 Å². The highest BCUT2D eigenvalue weighted by Gasteiger charge is 2.42. The van der Waals surface area contributed by atoms with Crippen LogP contribution in [-0.2, 0) is 9.59 Å². The molecular weight excluding hydrogens is 304 g/mol. The predicted octanol–water partition coefficient (Wildman–Crippen LogP) is 2.53. The SMILES string of the molecule is COc1ccccc1C1=C(N2CCCC2)C(=O)N(CC(C)C)C1=O. The second kappa shape index (κ2) is 6.67. The van der Waals surface area contributed by atoms with Crippen LogP contribution in [0.2, 0.25) is 0 Å². The molecule has 1 saturated heterocycles. The topological polar surface area (TPSA) is 49.9 Å². The number of nitrogens with zero attached hydrogens (tertiary/aromatic N) is 2. The summed E-state index contributed by atoms with van der Waals surface area (Å²) >= 11 is 0. The molecule has 0 atom stereocenters. The van der Waals surface area contributed by atoms with Gasteiger partial charge in [-0.15, -0.1) is 0 Å². The molecule has 1 fully saturated rings. The number of carbonyl (C=O) groups is 2. The Bertz CT molecular complexity index is 688. The van der Waals surface area contributed by atoms with Gasteiger partial charge in [-0.05, 0) is 24.8 Å². The number of likely N-dealkylation sites (tertiary alicyclic amines) is 1. The Hall–Kier alpha value is -2.30. The maximum atomic E-state index is 13.1. The summed E-state index contributed by atoms with van der Waals surface area (Å²) in [5, 5.41) is 0. The summed E-state index contributed by atoms with van der Waals surface area (Å²) in [7, 11) is 1.59. The first-order valence-corrected chi connectivity index (χ1v) is 8.53. The van der Waals surface area contributed by atoms with E-state index in [4.69, 9.17) is 4.74 Å². The zero-order valence-corrected chi connectivity index (χ0v) is 14.5. The third kappa shape index (κ3) is 2.79. The van der Waals surface area contributed by atoms with E-state index in [0.717, 1.165) is 25.9 Å². The molecule has 0 aliphatic carbocycles. The van der Waals surface area contributed by atoms with Crippen molar-refractivity contribution in [3.63, 3.8) is 0 Å². The van der Waals surface area contributed by atoms with Crippen molar-refractivity contribution < 1.29 is 14.3 Å². The number of hydrogen-bond donors (Lipinski definition) is 0. The summed E-state index contributed by atoms with van der Waals surface area (Å²) < 4.78 is 5.43. The van der Waals surface area contributed by atoms with Crippen LogP contribution in [0.1, 0.15) is 32.3 Å². The molecule has 128 valence electrons. The predicted molar refractivity (Wildman–Crippen MR) is 92.3 cm³/mol. The molecule has 0 N–H and O–H groups in total. The van der Waals surface area contributed by atoms with E-state index >= 15 is 0 Å². The van der Waals surface area contributed by atoms with Crippen molar-refractivity contribution in [1.29, 1.82) is 0 Å². The monoisotopic (exact) mass is 328 g/mol. The Labute approximate surface area is 142 Å². The van der Waals surface area contributed by atoms with E-state index in [0.29, 0.717) is 29.1 Å². The highest BCUT2D eigenvalue weighted by molar-refractivity contribution is 6.36. The van der Waals surface area contributed by atoms with Crippen LogP contribution in [0.15, 0.2) is 30.0 Å². The molecule has 0 saturated carbocycles. The van der Waals surface area contributed by atoms with Gasteiger partial charge < -0.3 is 9.64 Å². The van der Waals surface area contributed by atoms with Gasteiger partial charge in [0.2, 0.25) is 0 Å². The van der Waals surface area contributed by atoms with Gasteiger partial charge in [-0.2, -0.15) is 0 Å². The number of hydrogen-bond acceptors (Lipinski definition) is 4. The summed E-state index contributed by atoms with van der Waals surface area (Å²) in [6.07, 6.45) is 2.10. The average Bonchev–Trinajstić information content (AvgIpc) is 3.16. The fourth-order valence-electron chi connectivity index (χ4n) is 3.42. The van der Waals surface area contributed by atoms with Crippen molar-refractivity contribution in [2.75, 3.05) is 26.7 Å². The number of rotatable bonds is 5. The van der Waals surface area contributed by atoms with E-state index in [1.807, 2.05) is 38.1 Å². The Morgan fingerprint density at radius 1 is 1.08 bits per heavy atom. The summed E-state index contributed by atoms with van der Waals surface area (Å²) in [6.45, 7) is 6.10. The summed E-state index contributed by atoms with van der Waals surface area (Å²) in [5.74, 6) is 0.475. The molecule has 2 aliphatic heterocycles. The van der Waals surface area contributed by atoms with Crippen LogP contribution < -0.4 is 4.74 Å². The molecular formula is C19H24N2O3. The molecule has 1 aromatic rings. The van der Waals surface area contributed by atoms with Crippen LogP contribution in [0.4, 0.5) is 0 Å². The fourth-order valence-corrected chi connectivity index (χ4v) is 3.42. The lowest BCUT2D eigenvalue weighted by Crippen LogP contribution is -2.37. The van der Waals surface area contributed by atoms with Crippen LogP contribution in [0, 0.1) is 5.92 Å². The number of methoxy groups -OCH3 is 1. The second-order valence-electron chi connectivity index (χ2n) is 6.73. The van der Waals surface area contributed by atoms with Gasteiger partial charge in [0.15, 0.2) is 0 Å². The van der Waals surface area contributed by atoms with Crippen LogP contribution >= 0.6 is 0 Å². The van der Waals surface area contributed by atoms with Crippen molar-refractivity contribution in [3.8, 4) is 5.75 Å². The maximum absolute atomic E-state index is 13.1. The lowest BCUT2D eigenvalue weighted by atomic mass is 10.0. The van der Waals surface area contributed by atoms with Gasteiger partial charge in [-0.3, -0.25) is 14.5 Å². The first kappa shape index (κ1) is 16.6. The minimum Gasteiger partial charge on any atom is -0.496 e. The zero-order valence-electron chi connectivity index (χ0n) is 14.5. The van der Waals surface area contributed by atoms with E-state index in [1.54, 1.807) is 7.11 Å². The quantitative estimate of drug-likeness (QED) is 0.780. The Kier molecular flexibility index (Phi) is 4.60. The molecule has 1 aromatic carbocycles. The number of ether oxygens (including phenoxy) is 1. The van der Waals surface area contributed by atoms with Crippen molar-refractivity contribution in [1.82, 2.24) is 9.80 Å². The molecule has 2 aliphatic rings. The Balaban J connectivity index is 2.12. The average molecular weight is 328 g/mol. The van der Waals surface area contributed by atoms with Gasteiger partial charge in [0, 0.05) is 25.2 Å². The molecule has 2 amide bonds. The maximum Gasteiger partial charge on any atom is 0.277 e. The van der Waals surface area contributed by atoms with Crippen LogP contribution in [0.3, 0.4) is 0 Å². The third-order valence-corrected chi connectivity index (χ3v) is 4.49. The zero-order chi connectivity index (χ0) is 17.3. The normalized spacial score (nSPS) is 18.3. The van der Waals surface area contributed by atoms with Gasteiger partial charge in [-0.25, -0.2) is 0 Å². The first-order valence-electron chi connectivity index (χ1n) is 8.53. The highest BCUT2D eigenvalue weighted by atomic mass is 16.5. The third-order valence-electron chi connectivity index (χ3n) is 4.49. The van der Waals surface area contributed by atoms with Crippen molar-refractivity contribution in [2.24, 2.45) is 5.92 Å². The molecule has 0 spiro atoms. The van der Waals surface area contributed by atoms with Gasteiger partial charge in [0.1, 0.15) is 11.4 Å². The van der Waals surface area contributed by atoms with Gasteiger partial charge in [-0.1, -0.05) is 32.0 Å². The smallest absolute Gasteiger partial charge is 0.277 e. The number of para-hydroxylation sites is 1. The second-order valence-corrected chi connectivity index (χ2v) is 6.73. The molecule has 24 heavy (non-hydrogen) atoms. The largest absolute Gasteiger partial charge is 0.496 e. The number of carbonyl (C=O) groups excluding carboxylic acids is 2. The fraction of sp³-hybridized carbons (Fsp3) is 0.474. The van der Waals surface area contributed by atoms with Crippen LogP contribution in [-0.4, -0.2) is 48.4 Å². The van der Waals surface area contributed by atoms with Crippen LogP contribution in [0.25, 0.3) is 5.57 Å². The van der Waals surface area contributed by atoms with E-state index in [-0.39, 0.29) is 17.7 Å². The van der Waals surface area contributed by atoms with Gasteiger partial charge >= 0.3 is 0 Å². The standard InChI is InChI=1S/C19H24N2O3/c1-13(2)12-21-18(22)16(14-8-4-5-9-15(14)24-3)17(19(21)23)20-10-6-7-11-20/h4-5,8-9,13H,6-7,10-12H2,1-3H3. The summed E-state index contributed by atoms with van der Waals surface area (Å²) in [6, 6.07) is 7.42. The van der Waals surface area contributed by atoms with E-state index in [9.17, 15) is 9.59 Å². The molecule has 0 bridgehead atoms. The van der Waals surface area contributed by atoms with Gasteiger partial charge in [0.25, 0.3) is 11.8 Å². The Morgan fingerprint density at radius 2 is 1.75 bits per heavy atom. The minimum absolute atomic E-state index is 0.170. The number of imide groups is 1. The van der Waals surface area contributed by atoms with Crippen LogP contribution in [0.5, 0.6) is 5.75 Å². The summed E-state index contributed by atoms with van der Waals surface area (Å²) in [5.41, 5.74) is 1.73. The molecule has 0 radical (unpaired) electrons. The molecule has 3 rings (SSSR count). The lowest BCUT2D eigenvalue weighted by molar-refractivity contribution is -0.138. The molecule has 0 aromatic heterocycles. The summed E-state index contributed by atoms with van der Waals surface area (Å²) in [4.78, 5) is 29.5. The lowest BCUT2D eigenvalue weighted by Gasteiger charge is -2.21. The van der Waals surface area contributed by atoms with Crippen molar-refractivity contribution >= 4 is 17.4 Å². The first-order chi connectivity index (χ1) is 11.5. The Morgan fingerprint density at radius 3 is 2.38 bits per heavy atom. The number of benzene rings is 1. The highest BCUT2D eigenvalue weighted by Crippen LogP contribution is 2.37. The molecule has 0 unspecified atom stereocenters. The molecule has 5 heteroatoms. The van der Waals surface area contributed by atoms with Crippen molar-refractivity contribution in [3.05, 3.63) is 35.5 Å². The minimum atomic E-state index is -0.208. The number of amides is 2. The van der Waals surface area contributed by atoms with E-state index < -0.39 is 0 Å². The molecule has 5 nitrogen and oxygen atoms in total. The van der Waals surface area contributed by atoms with E-state index in [1.165, 1.54) is 4.90 Å². The molecule has 2 heterocycles.